The van der Waals surface area contributed by atoms with Gasteiger partial charge < -0.3 is 4.74 Å². The molecule has 0 bridgehead atoms. The Bertz CT molecular complexity index is 289. The van der Waals surface area contributed by atoms with Gasteiger partial charge in [0.05, 0.1) is 6.61 Å². The number of hydrogen-bond donors (Lipinski definition) is 0. The number of ether oxygens (including phenoxy) is 1. The molecule has 1 rings (SSSR count). The lowest BCUT2D eigenvalue weighted by Crippen LogP contribution is -2.00. The van der Waals surface area contributed by atoms with Gasteiger partial charge in [-0.05, 0) is 11.6 Å². The van der Waals surface area contributed by atoms with E-state index < -0.39 is 0 Å². The minimum Gasteiger partial charge on any atom is -0.492 e. The van der Waals surface area contributed by atoms with E-state index in [0.29, 0.717) is 6.61 Å². The third-order valence-corrected chi connectivity index (χ3v) is 3.33. The van der Waals surface area contributed by atoms with Gasteiger partial charge in [0.25, 0.3) is 0 Å². The summed E-state index contributed by atoms with van der Waals surface area (Å²) in [5, 5.41) is 2.56. The van der Waals surface area contributed by atoms with E-state index in [1.165, 1.54) is 11.1 Å². The fraction of sp³-hybridized carbons (Fsp3) is 0.400. The van der Waals surface area contributed by atoms with Gasteiger partial charge in [0.15, 0.2) is 0 Å². The molecular formula is C10H11Br3O. The third kappa shape index (κ3) is 3.55. The Morgan fingerprint density at radius 3 is 2.43 bits per heavy atom. The molecule has 0 aromatic heterocycles. The molecule has 0 fully saturated rings. The second-order valence-electron chi connectivity index (χ2n) is 2.75. The van der Waals surface area contributed by atoms with Crippen molar-refractivity contribution in [3.63, 3.8) is 0 Å². The molecule has 0 aliphatic heterocycles. The van der Waals surface area contributed by atoms with E-state index in [1.807, 2.05) is 6.07 Å². The molecule has 0 radical (unpaired) electrons. The summed E-state index contributed by atoms with van der Waals surface area (Å²) in [6, 6.07) is 6.24. The summed E-state index contributed by atoms with van der Waals surface area (Å²) in [6.07, 6.45) is 0. The summed E-state index contributed by atoms with van der Waals surface area (Å²) in [5.74, 6) is 0.964. The molecule has 0 aliphatic rings. The third-order valence-electron chi connectivity index (χ3n) is 1.76. The summed E-state index contributed by atoms with van der Waals surface area (Å²) in [6.45, 7) is 0.702. The van der Waals surface area contributed by atoms with Gasteiger partial charge in [-0.2, -0.15) is 0 Å². The van der Waals surface area contributed by atoms with Crippen molar-refractivity contribution in [3.8, 4) is 5.75 Å². The Kier molecular flexibility index (Phi) is 6.13. The first-order chi connectivity index (χ1) is 6.81. The zero-order valence-electron chi connectivity index (χ0n) is 7.60. The molecule has 0 aliphatic carbocycles. The summed E-state index contributed by atoms with van der Waals surface area (Å²) in [7, 11) is 0. The van der Waals surface area contributed by atoms with Crippen LogP contribution in [0.4, 0.5) is 0 Å². The first kappa shape index (κ1) is 12.5. The van der Waals surface area contributed by atoms with Crippen LogP contribution in [0.3, 0.4) is 0 Å². The number of benzene rings is 1. The Morgan fingerprint density at radius 1 is 1.07 bits per heavy atom. The first-order valence-corrected chi connectivity index (χ1v) is 7.60. The van der Waals surface area contributed by atoms with Crippen LogP contribution in [0.1, 0.15) is 11.1 Å². The maximum absolute atomic E-state index is 5.58. The molecule has 1 aromatic rings. The van der Waals surface area contributed by atoms with Crippen LogP contribution in [-0.4, -0.2) is 11.9 Å². The van der Waals surface area contributed by atoms with E-state index in [9.17, 15) is 0 Å². The van der Waals surface area contributed by atoms with Crippen LogP contribution in [0.15, 0.2) is 18.2 Å². The highest BCUT2D eigenvalue weighted by atomic mass is 79.9. The quantitative estimate of drug-likeness (QED) is 0.687. The Hall–Kier alpha value is 0.460. The van der Waals surface area contributed by atoms with Gasteiger partial charge >= 0.3 is 0 Å². The zero-order valence-corrected chi connectivity index (χ0v) is 12.4. The fourth-order valence-electron chi connectivity index (χ4n) is 1.11. The Morgan fingerprint density at radius 2 is 1.86 bits per heavy atom. The van der Waals surface area contributed by atoms with E-state index in [-0.39, 0.29) is 0 Å². The van der Waals surface area contributed by atoms with Gasteiger partial charge in [-0.25, -0.2) is 0 Å². The summed E-state index contributed by atoms with van der Waals surface area (Å²) < 4.78 is 5.58. The largest absolute Gasteiger partial charge is 0.492 e. The topological polar surface area (TPSA) is 9.23 Å². The molecule has 0 atom stereocenters. The highest BCUT2D eigenvalue weighted by molar-refractivity contribution is 9.09. The monoisotopic (exact) mass is 384 g/mol. The zero-order chi connectivity index (χ0) is 10.4. The molecule has 0 saturated heterocycles. The van der Waals surface area contributed by atoms with Crippen molar-refractivity contribution in [2.24, 2.45) is 0 Å². The normalized spacial score (nSPS) is 10.2. The number of rotatable bonds is 5. The lowest BCUT2D eigenvalue weighted by molar-refractivity contribution is 0.342. The van der Waals surface area contributed by atoms with Crippen molar-refractivity contribution in [1.29, 1.82) is 0 Å². The van der Waals surface area contributed by atoms with Crippen LogP contribution in [-0.2, 0) is 10.7 Å². The van der Waals surface area contributed by atoms with Crippen LogP contribution in [0, 0.1) is 0 Å². The molecule has 0 heterocycles. The molecule has 0 N–H and O–H groups in total. The molecule has 4 heteroatoms. The van der Waals surface area contributed by atoms with E-state index in [0.717, 1.165) is 21.7 Å². The first-order valence-electron chi connectivity index (χ1n) is 4.24. The van der Waals surface area contributed by atoms with Crippen molar-refractivity contribution in [2.45, 2.75) is 10.7 Å². The van der Waals surface area contributed by atoms with Gasteiger partial charge in [-0.15, -0.1) is 0 Å². The average molecular weight is 387 g/mol. The highest BCUT2D eigenvalue weighted by Crippen LogP contribution is 2.23. The number of alkyl halides is 3. The van der Waals surface area contributed by atoms with Crippen molar-refractivity contribution >= 4 is 47.8 Å². The summed E-state index contributed by atoms with van der Waals surface area (Å²) >= 11 is 10.2. The van der Waals surface area contributed by atoms with E-state index in [1.54, 1.807) is 0 Å². The second kappa shape index (κ2) is 6.85. The summed E-state index contributed by atoms with van der Waals surface area (Å²) in [4.78, 5) is 0. The van der Waals surface area contributed by atoms with E-state index >= 15 is 0 Å². The predicted molar refractivity (Wildman–Crippen MR) is 71.0 cm³/mol. The van der Waals surface area contributed by atoms with Gasteiger partial charge in [0, 0.05) is 21.6 Å². The molecule has 0 amide bonds. The minimum atomic E-state index is 0.702. The molecule has 0 spiro atoms. The van der Waals surface area contributed by atoms with E-state index in [4.69, 9.17) is 4.74 Å². The van der Waals surface area contributed by atoms with E-state index in [2.05, 4.69) is 59.9 Å². The number of halogens is 3. The van der Waals surface area contributed by atoms with Crippen molar-refractivity contribution in [1.82, 2.24) is 0 Å². The SMILES string of the molecule is BrCCOc1ccc(CBr)cc1CBr. The Labute approximate surface area is 110 Å². The lowest BCUT2D eigenvalue weighted by Gasteiger charge is -2.09. The van der Waals surface area contributed by atoms with Crippen LogP contribution in [0.25, 0.3) is 0 Å². The van der Waals surface area contributed by atoms with Crippen molar-refractivity contribution < 1.29 is 4.74 Å². The Balaban J connectivity index is 2.82. The standard InChI is InChI=1S/C10H11Br3O/c11-3-4-14-10-2-1-8(6-12)5-9(10)7-13/h1-2,5H,3-4,6-7H2. The second-order valence-corrected chi connectivity index (χ2v) is 4.66. The number of hydrogen-bond acceptors (Lipinski definition) is 1. The van der Waals surface area contributed by atoms with Crippen LogP contribution >= 0.6 is 47.8 Å². The summed E-state index contributed by atoms with van der Waals surface area (Å²) in [5.41, 5.74) is 2.47. The lowest BCUT2D eigenvalue weighted by atomic mass is 10.1. The highest BCUT2D eigenvalue weighted by Gasteiger charge is 2.03. The molecule has 78 valence electrons. The molecule has 0 saturated carbocycles. The van der Waals surface area contributed by atoms with Crippen LogP contribution in [0.5, 0.6) is 5.75 Å². The van der Waals surface area contributed by atoms with Crippen LogP contribution in [0.2, 0.25) is 0 Å². The minimum absolute atomic E-state index is 0.702. The maximum atomic E-state index is 5.58. The van der Waals surface area contributed by atoms with Gasteiger partial charge in [0.1, 0.15) is 5.75 Å². The molecule has 14 heavy (non-hydrogen) atoms. The van der Waals surface area contributed by atoms with Crippen molar-refractivity contribution in [3.05, 3.63) is 29.3 Å². The smallest absolute Gasteiger partial charge is 0.123 e. The fourth-order valence-corrected chi connectivity index (χ4v) is 2.06. The predicted octanol–water partition coefficient (Wildman–Crippen LogP) is 4.25. The molecular weight excluding hydrogens is 376 g/mol. The van der Waals surface area contributed by atoms with Gasteiger partial charge in [-0.1, -0.05) is 59.9 Å². The van der Waals surface area contributed by atoms with Gasteiger partial charge in [-0.3, -0.25) is 0 Å². The van der Waals surface area contributed by atoms with Crippen LogP contribution < -0.4 is 4.74 Å². The maximum Gasteiger partial charge on any atom is 0.123 e. The molecule has 1 nitrogen and oxygen atoms in total. The average Bonchev–Trinajstić information content (AvgIpc) is 2.26. The molecule has 1 aromatic carbocycles. The van der Waals surface area contributed by atoms with Gasteiger partial charge in [0.2, 0.25) is 0 Å². The molecule has 0 unspecified atom stereocenters. The van der Waals surface area contributed by atoms with Crippen molar-refractivity contribution in [2.75, 3.05) is 11.9 Å².